The van der Waals surface area contributed by atoms with Crippen LogP contribution in [0, 0.1) is 0 Å². The Kier molecular flexibility index (Phi) is 5.73. The molecular weight excluding hydrogens is 256 g/mol. The summed E-state index contributed by atoms with van der Waals surface area (Å²) in [5.41, 5.74) is 5.70. The number of hydrogen-bond donors (Lipinski definition) is 2. The van der Waals surface area contributed by atoms with Crippen molar-refractivity contribution in [3.8, 4) is 0 Å². The van der Waals surface area contributed by atoms with Crippen molar-refractivity contribution < 1.29 is 9.53 Å². The summed E-state index contributed by atoms with van der Waals surface area (Å²) in [7, 11) is 0. The highest BCUT2D eigenvalue weighted by Gasteiger charge is 2.21. The summed E-state index contributed by atoms with van der Waals surface area (Å²) >= 11 is 0. The molecule has 6 heteroatoms. The van der Waals surface area contributed by atoms with Crippen molar-refractivity contribution in [2.75, 3.05) is 5.73 Å². The zero-order chi connectivity index (χ0) is 15.2. The number of nitrogens with zero attached hydrogens (tertiary/aromatic N) is 2. The molecule has 0 aliphatic carbocycles. The van der Waals surface area contributed by atoms with E-state index >= 15 is 0 Å². The molecule has 0 saturated carbocycles. The van der Waals surface area contributed by atoms with Crippen LogP contribution in [-0.4, -0.2) is 21.7 Å². The molecule has 1 aromatic heterocycles. The largest absolute Gasteiger partial charge is 0.444 e. The fourth-order valence-corrected chi connectivity index (χ4v) is 1.68. The van der Waals surface area contributed by atoms with E-state index in [1.165, 1.54) is 6.20 Å². The summed E-state index contributed by atoms with van der Waals surface area (Å²) in [6, 6.07) is -0.210. The van der Waals surface area contributed by atoms with Gasteiger partial charge in [-0.05, 0) is 27.2 Å². The summed E-state index contributed by atoms with van der Waals surface area (Å²) in [5, 5.41) is 2.84. The van der Waals surface area contributed by atoms with E-state index in [0.29, 0.717) is 11.5 Å². The molecule has 0 aliphatic rings. The quantitative estimate of drug-likeness (QED) is 0.865. The molecule has 0 fully saturated rings. The second-order valence-electron chi connectivity index (χ2n) is 5.71. The molecule has 6 nitrogen and oxygen atoms in total. The molecule has 0 saturated heterocycles. The number of ether oxygens (including phenoxy) is 1. The molecule has 1 rings (SSSR count). The van der Waals surface area contributed by atoms with Gasteiger partial charge in [-0.1, -0.05) is 19.8 Å². The molecule has 3 N–H and O–H groups in total. The first kappa shape index (κ1) is 16.2. The number of nitrogens with two attached hydrogens (primary N) is 1. The highest BCUT2D eigenvalue weighted by Crippen LogP contribution is 2.18. The highest BCUT2D eigenvalue weighted by atomic mass is 16.6. The number of carbonyl (C=O) groups excluding carboxylic acids is 1. The van der Waals surface area contributed by atoms with Gasteiger partial charge in [0.05, 0.1) is 24.1 Å². The Morgan fingerprint density at radius 2 is 2.10 bits per heavy atom. The van der Waals surface area contributed by atoms with Gasteiger partial charge >= 0.3 is 6.09 Å². The minimum absolute atomic E-state index is 0.210. The smallest absolute Gasteiger partial charge is 0.408 e. The predicted octanol–water partition coefficient (Wildman–Crippen LogP) is 2.81. The van der Waals surface area contributed by atoms with Crippen LogP contribution in [0.15, 0.2) is 12.4 Å². The Labute approximate surface area is 120 Å². The van der Waals surface area contributed by atoms with E-state index in [9.17, 15) is 4.79 Å². The Morgan fingerprint density at radius 3 is 2.60 bits per heavy atom. The van der Waals surface area contributed by atoms with Crippen molar-refractivity contribution >= 4 is 11.9 Å². The van der Waals surface area contributed by atoms with Crippen LogP contribution in [0.2, 0.25) is 0 Å². The van der Waals surface area contributed by atoms with Gasteiger partial charge in [-0.2, -0.15) is 0 Å². The van der Waals surface area contributed by atoms with Crippen molar-refractivity contribution in [3.63, 3.8) is 0 Å². The van der Waals surface area contributed by atoms with Gasteiger partial charge in [0.1, 0.15) is 11.4 Å². The molecule has 1 aromatic rings. The van der Waals surface area contributed by atoms with Gasteiger partial charge in [-0.15, -0.1) is 0 Å². The van der Waals surface area contributed by atoms with Gasteiger partial charge < -0.3 is 15.8 Å². The van der Waals surface area contributed by atoms with Gasteiger partial charge in [0.15, 0.2) is 0 Å². The molecule has 112 valence electrons. The molecule has 0 radical (unpaired) electrons. The summed E-state index contributed by atoms with van der Waals surface area (Å²) in [5.74, 6) is 0.361. The van der Waals surface area contributed by atoms with E-state index in [1.807, 2.05) is 20.8 Å². The predicted molar refractivity (Wildman–Crippen MR) is 78.1 cm³/mol. The van der Waals surface area contributed by atoms with Crippen LogP contribution in [0.3, 0.4) is 0 Å². The number of aromatic nitrogens is 2. The van der Waals surface area contributed by atoms with E-state index in [4.69, 9.17) is 10.5 Å². The maximum absolute atomic E-state index is 11.9. The summed E-state index contributed by atoms with van der Waals surface area (Å²) in [6.07, 6.45) is 5.44. The number of rotatable bonds is 5. The van der Waals surface area contributed by atoms with Crippen molar-refractivity contribution in [2.24, 2.45) is 0 Å². The van der Waals surface area contributed by atoms with E-state index in [2.05, 4.69) is 22.2 Å². The number of nitrogen functional groups attached to an aromatic ring is 1. The first-order valence-electron chi connectivity index (χ1n) is 6.88. The molecule has 0 unspecified atom stereocenters. The molecule has 20 heavy (non-hydrogen) atoms. The first-order valence-corrected chi connectivity index (χ1v) is 6.88. The molecule has 0 spiro atoms. The lowest BCUT2D eigenvalue weighted by atomic mass is 10.1. The monoisotopic (exact) mass is 280 g/mol. The van der Waals surface area contributed by atoms with Gasteiger partial charge in [0.25, 0.3) is 0 Å². The van der Waals surface area contributed by atoms with Crippen LogP contribution >= 0.6 is 0 Å². The molecule has 1 heterocycles. The second-order valence-corrected chi connectivity index (χ2v) is 5.71. The number of alkyl carbamates (subject to hydrolysis) is 1. The summed E-state index contributed by atoms with van der Waals surface area (Å²) in [4.78, 5) is 20.1. The lowest BCUT2D eigenvalue weighted by molar-refractivity contribution is 0.0499. The van der Waals surface area contributed by atoms with E-state index in [0.717, 1.165) is 19.3 Å². The van der Waals surface area contributed by atoms with Gasteiger partial charge in [-0.3, -0.25) is 4.98 Å². The Morgan fingerprint density at radius 1 is 1.40 bits per heavy atom. The topological polar surface area (TPSA) is 90.1 Å². The normalized spacial score (nSPS) is 12.8. The molecule has 0 aliphatic heterocycles. The fraction of sp³-hybridized carbons (Fsp3) is 0.643. The Balaban J connectivity index is 2.74. The zero-order valence-electron chi connectivity index (χ0n) is 12.6. The molecule has 1 amide bonds. The minimum Gasteiger partial charge on any atom is -0.444 e. The molecule has 1 atom stereocenters. The van der Waals surface area contributed by atoms with Crippen molar-refractivity contribution in [1.29, 1.82) is 0 Å². The number of nitrogens with one attached hydrogen (secondary N) is 1. The third-order valence-corrected chi connectivity index (χ3v) is 2.59. The second kappa shape index (κ2) is 7.07. The van der Waals surface area contributed by atoms with Crippen molar-refractivity contribution in [3.05, 3.63) is 18.1 Å². The highest BCUT2D eigenvalue weighted by molar-refractivity contribution is 5.68. The van der Waals surface area contributed by atoms with Crippen LogP contribution in [0.1, 0.15) is 58.7 Å². The molecule has 0 aromatic carbocycles. The van der Waals surface area contributed by atoms with Crippen LogP contribution in [0.4, 0.5) is 10.6 Å². The standard InChI is InChI=1S/C14H24N4O2/c1-5-6-7-10(11-8-17-12(15)9-16-11)18-13(19)20-14(2,3)4/h8-10H,5-7H2,1-4H3,(H2,15,17)(H,18,19)/t10-/m0/s1. The molecular formula is C14H24N4O2. The van der Waals surface area contributed by atoms with Gasteiger partial charge in [-0.25, -0.2) is 9.78 Å². The third kappa shape index (κ3) is 5.86. The van der Waals surface area contributed by atoms with Crippen LogP contribution < -0.4 is 11.1 Å². The minimum atomic E-state index is -0.522. The zero-order valence-corrected chi connectivity index (χ0v) is 12.6. The number of carbonyl (C=O) groups is 1. The number of anilines is 1. The molecule has 0 bridgehead atoms. The average molecular weight is 280 g/mol. The summed E-state index contributed by atoms with van der Waals surface area (Å²) < 4.78 is 5.27. The summed E-state index contributed by atoms with van der Waals surface area (Å²) in [6.45, 7) is 7.59. The van der Waals surface area contributed by atoms with Crippen LogP contribution in [0.25, 0.3) is 0 Å². The lowest BCUT2D eigenvalue weighted by Crippen LogP contribution is -2.35. The van der Waals surface area contributed by atoms with Crippen molar-refractivity contribution in [2.45, 2.75) is 58.6 Å². The number of hydrogen-bond acceptors (Lipinski definition) is 5. The van der Waals surface area contributed by atoms with Gasteiger partial charge in [0, 0.05) is 0 Å². The van der Waals surface area contributed by atoms with Crippen molar-refractivity contribution in [1.82, 2.24) is 15.3 Å². The third-order valence-electron chi connectivity index (χ3n) is 2.59. The number of amides is 1. The van der Waals surface area contributed by atoms with Crippen LogP contribution in [-0.2, 0) is 4.74 Å². The van der Waals surface area contributed by atoms with E-state index in [-0.39, 0.29) is 6.04 Å². The Hall–Kier alpha value is -1.85. The van der Waals surface area contributed by atoms with Crippen LogP contribution in [0.5, 0.6) is 0 Å². The Bertz CT molecular complexity index is 426. The van der Waals surface area contributed by atoms with E-state index in [1.54, 1.807) is 6.20 Å². The number of unbranched alkanes of at least 4 members (excludes halogenated alkanes) is 1. The maximum atomic E-state index is 11.9. The lowest BCUT2D eigenvalue weighted by Gasteiger charge is -2.23. The first-order chi connectivity index (χ1) is 9.31. The average Bonchev–Trinajstić information content (AvgIpc) is 2.33. The van der Waals surface area contributed by atoms with Gasteiger partial charge in [0.2, 0.25) is 0 Å². The fourth-order valence-electron chi connectivity index (χ4n) is 1.68. The SMILES string of the molecule is CCCC[C@H](NC(=O)OC(C)(C)C)c1cnc(N)cn1. The van der Waals surface area contributed by atoms with E-state index < -0.39 is 11.7 Å². The maximum Gasteiger partial charge on any atom is 0.408 e.